The fourth-order valence-corrected chi connectivity index (χ4v) is 3.00. The van der Waals surface area contributed by atoms with E-state index in [0.29, 0.717) is 24.0 Å². The van der Waals surface area contributed by atoms with Crippen LogP contribution in [0.3, 0.4) is 0 Å². The van der Waals surface area contributed by atoms with Crippen LogP contribution in [0.2, 0.25) is 0 Å². The number of nitrogens with two attached hydrogens (primary N) is 1. The van der Waals surface area contributed by atoms with Gasteiger partial charge in [0.2, 0.25) is 5.89 Å². The fraction of sp³-hybridized carbons (Fsp3) is 0.385. The van der Waals surface area contributed by atoms with Crippen LogP contribution in [0.15, 0.2) is 28.2 Å². The number of carbonyl (C=O) groups is 1. The highest BCUT2D eigenvalue weighted by molar-refractivity contribution is 7.98. The number of hydrogen-bond acceptors (Lipinski definition) is 7. The van der Waals surface area contributed by atoms with Gasteiger partial charge >= 0.3 is 5.97 Å². The maximum atomic E-state index is 11.4. The van der Waals surface area contributed by atoms with Gasteiger partial charge in [-0.15, -0.1) is 11.3 Å². The molecular weight excluding hydrogens is 296 g/mol. The minimum absolute atomic E-state index is 0.352. The molecule has 0 saturated heterocycles. The summed E-state index contributed by atoms with van der Waals surface area (Å²) in [6, 6.07) is 3.32. The number of oxazole rings is 1. The first-order valence-corrected chi connectivity index (χ1v) is 8.22. The molecule has 2 N–H and O–H groups in total. The molecule has 1 atom stereocenters. The van der Waals surface area contributed by atoms with Crippen LogP contribution in [-0.2, 0) is 15.3 Å². The Bertz CT molecular complexity index is 540. The van der Waals surface area contributed by atoms with Crippen molar-refractivity contribution in [3.63, 3.8) is 0 Å². The Morgan fingerprint density at radius 1 is 1.65 bits per heavy atom. The lowest BCUT2D eigenvalue weighted by Crippen LogP contribution is -2.34. The zero-order valence-electron chi connectivity index (χ0n) is 11.1. The largest absolute Gasteiger partial charge is 0.465 e. The lowest BCUT2D eigenvalue weighted by atomic mass is 10.4. The minimum atomic E-state index is -0.594. The third-order valence-corrected chi connectivity index (χ3v) is 4.37. The summed E-state index contributed by atoms with van der Waals surface area (Å²) in [6.07, 6.45) is 1.64. The molecule has 0 aliphatic carbocycles. The zero-order valence-corrected chi connectivity index (χ0v) is 12.7. The molecule has 7 heteroatoms. The second-order valence-corrected chi connectivity index (χ2v) is 5.97. The van der Waals surface area contributed by atoms with Crippen LogP contribution < -0.4 is 5.73 Å². The van der Waals surface area contributed by atoms with Gasteiger partial charge in [-0.25, -0.2) is 4.98 Å². The Labute approximate surface area is 125 Å². The first-order chi connectivity index (χ1) is 9.70. The van der Waals surface area contributed by atoms with Crippen LogP contribution in [-0.4, -0.2) is 29.4 Å². The number of thiophene rings is 1. The Balaban J connectivity index is 1.79. The molecule has 0 radical (unpaired) electrons. The van der Waals surface area contributed by atoms with Crippen LogP contribution in [0.25, 0.3) is 10.8 Å². The molecule has 2 heterocycles. The highest BCUT2D eigenvalue weighted by Crippen LogP contribution is 2.24. The van der Waals surface area contributed by atoms with Gasteiger partial charge < -0.3 is 14.9 Å². The van der Waals surface area contributed by atoms with Crippen molar-refractivity contribution in [2.24, 2.45) is 5.73 Å². The number of thioether (sulfide) groups is 1. The molecule has 5 nitrogen and oxygen atoms in total. The van der Waals surface area contributed by atoms with Crippen molar-refractivity contribution in [3.05, 3.63) is 29.5 Å². The summed E-state index contributed by atoms with van der Waals surface area (Å²) in [5, 5.41) is 1.98. The average molecular weight is 312 g/mol. The van der Waals surface area contributed by atoms with E-state index in [1.54, 1.807) is 24.5 Å². The number of rotatable bonds is 7. The summed E-state index contributed by atoms with van der Waals surface area (Å²) >= 11 is 3.12. The molecular formula is C13H16N2O3S2. The van der Waals surface area contributed by atoms with E-state index in [1.807, 2.05) is 17.5 Å². The van der Waals surface area contributed by atoms with E-state index in [0.717, 1.165) is 10.6 Å². The van der Waals surface area contributed by atoms with Gasteiger partial charge in [0.15, 0.2) is 0 Å². The fourth-order valence-electron chi connectivity index (χ4n) is 1.49. The SMILES string of the molecule is CCOC(=O)C(N)CSCc1coc(-c2cccs2)n1. The van der Waals surface area contributed by atoms with Gasteiger partial charge in [0.25, 0.3) is 0 Å². The summed E-state index contributed by atoms with van der Waals surface area (Å²) in [6.45, 7) is 2.11. The second-order valence-electron chi connectivity index (χ2n) is 3.99. The Morgan fingerprint density at radius 3 is 3.20 bits per heavy atom. The average Bonchev–Trinajstić information content (AvgIpc) is 3.09. The number of nitrogens with zero attached hydrogens (tertiary/aromatic N) is 1. The second kappa shape index (κ2) is 7.47. The summed E-state index contributed by atoms with van der Waals surface area (Å²) in [5.41, 5.74) is 6.55. The van der Waals surface area contributed by atoms with Crippen molar-refractivity contribution < 1.29 is 13.9 Å². The molecule has 0 saturated carbocycles. The Hall–Kier alpha value is -1.31. The maximum absolute atomic E-state index is 11.4. The van der Waals surface area contributed by atoms with Crippen LogP contribution in [0.1, 0.15) is 12.6 Å². The highest BCUT2D eigenvalue weighted by Gasteiger charge is 2.15. The third-order valence-electron chi connectivity index (χ3n) is 2.42. The highest BCUT2D eigenvalue weighted by atomic mass is 32.2. The molecule has 0 fully saturated rings. The van der Waals surface area contributed by atoms with Crippen molar-refractivity contribution in [2.45, 2.75) is 18.7 Å². The smallest absolute Gasteiger partial charge is 0.323 e. The van der Waals surface area contributed by atoms with E-state index in [-0.39, 0.29) is 5.97 Å². The molecule has 20 heavy (non-hydrogen) atoms. The van der Waals surface area contributed by atoms with Crippen LogP contribution in [0.5, 0.6) is 0 Å². The summed E-state index contributed by atoms with van der Waals surface area (Å²) in [5.74, 6) is 1.42. The first kappa shape index (κ1) is 15.1. The number of carbonyl (C=O) groups excluding carboxylic acids is 1. The third kappa shape index (κ3) is 4.09. The van der Waals surface area contributed by atoms with Crippen molar-refractivity contribution in [2.75, 3.05) is 12.4 Å². The molecule has 1 unspecified atom stereocenters. The topological polar surface area (TPSA) is 78.4 Å². The van der Waals surface area contributed by atoms with E-state index in [9.17, 15) is 4.79 Å². The Morgan fingerprint density at radius 2 is 2.50 bits per heavy atom. The van der Waals surface area contributed by atoms with Crippen molar-refractivity contribution in [1.82, 2.24) is 4.98 Å². The zero-order chi connectivity index (χ0) is 14.4. The van der Waals surface area contributed by atoms with Gasteiger partial charge in [0, 0.05) is 11.5 Å². The van der Waals surface area contributed by atoms with Gasteiger partial charge in [0.05, 0.1) is 17.2 Å². The van der Waals surface area contributed by atoms with E-state index in [2.05, 4.69) is 4.98 Å². The molecule has 2 aromatic heterocycles. The van der Waals surface area contributed by atoms with Gasteiger partial charge in [0.1, 0.15) is 12.3 Å². The van der Waals surface area contributed by atoms with Crippen molar-refractivity contribution in [3.8, 4) is 10.8 Å². The predicted molar refractivity (Wildman–Crippen MR) is 80.6 cm³/mol. The molecule has 0 spiro atoms. The molecule has 0 aliphatic rings. The maximum Gasteiger partial charge on any atom is 0.323 e. The standard InChI is InChI=1S/C13H16N2O3S2/c1-2-17-13(16)10(14)8-19-7-9-6-18-12(15-9)11-4-3-5-20-11/h3-6,10H,2,7-8,14H2,1H3. The van der Waals surface area contributed by atoms with E-state index >= 15 is 0 Å². The number of esters is 1. The summed E-state index contributed by atoms with van der Waals surface area (Å²) < 4.78 is 10.3. The molecule has 0 bridgehead atoms. The summed E-state index contributed by atoms with van der Waals surface area (Å²) in [4.78, 5) is 16.8. The molecule has 0 aromatic carbocycles. The molecule has 0 aliphatic heterocycles. The monoisotopic (exact) mass is 312 g/mol. The lowest BCUT2D eigenvalue weighted by Gasteiger charge is -2.09. The number of ether oxygens (including phenoxy) is 1. The van der Waals surface area contributed by atoms with E-state index in [1.165, 1.54) is 11.8 Å². The van der Waals surface area contributed by atoms with Crippen LogP contribution in [0, 0.1) is 0 Å². The molecule has 2 aromatic rings. The van der Waals surface area contributed by atoms with Crippen LogP contribution >= 0.6 is 23.1 Å². The van der Waals surface area contributed by atoms with Crippen LogP contribution in [0.4, 0.5) is 0 Å². The first-order valence-electron chi connectivity index (χ1n) is 6.19. The van der Waals surface area contributed by atoms with Gasteiger partial charge in [-0.05, 0) is 18.4 Å². The van der Waals surface area contributed by atoms with E-state index in [4.69, 9.17) is 14.9 Å². The predicted octanol–water partition coefficient (Wildman–Crippen LogP) is 2.53. The molecule has 2 rings (SSSR count). The minimum Gasteiger partial charge on any atom is -0.465 e. The van der Waals surface area contributed by atoms with Crippen molar-refractivity contribution in [1.29, 1.82) is 0 Å². The van der Waals surface area contributed by atoms with Gasteiger partial charge in [-0.3, -0.25) is 4.79 Å². The normalized spacial score (nSPS) is 12.3. The number of hydrogen-bond donors (Lipinski definition) is 1. The molecule has 0 amide bonds. The van der Waals surface area contributed by atoms with Crippen molar-refractivity contribution >= 4 is 29.1 Å². The Kier molecular flexibility index (Phi) is 5.63. The molecule has 108 valence electrons. The quantitative estimate of drug-likeness (QED) is 0.792. The van der Waals surface area contributed by atoms with Gasteiger partial charge in [-0.1, -0.05) is 6.07 Å². The lowest BCUT2D eigenvalue weighted by molar-refractivity contribution is -0.144. The van der Waals surface area contributed by atoms with Gasteiger partial charge in [-0.2, -0.15) is 11.8 Å². The van der Waals surface area contributed by atoms with E-state index < -0.39 is 6.04 Å². The summed E-state index contributed by atoms with van der Waals surface area (Å²) in [7, 11) is 0. The number of aromatic nitrogens is 1.